The highest BCUT2D eigenvalue weighted by Crippen LogP contribution is 2.04. The number of aromatic amines is 1. The van der Waals surface area contributed by atoms with Gasteiger partial charge in [-0.1, -0.05) is 30.3 Å². The smallest absolute Gasteiger partial charge is 0.326 e. The Hall–Kier alpha value is -2.70. The predicted molar refractivity (Wildman–Crippen MR) is 65.4 cm³/mol. The molecule has 1 heterocycles. The summed E-state index contributed by atoms with van der Waals surface area (Å²) in [6.45, 7) is 0. The molecule has 1 aromatic heterocycles. The molecule has 0 aliphatic rings. The number of hydrogen-bond acceptors (Lipinski definition) is 4. The average Bonchev–Trinajstić information content (AvgIpc) is 2.93. The molecule has 7 heteroatoms. The molecule has 0 saturated heterocycles. The Balaban J connectivity index is 2.05. The van der Waals surface area contributed by atoms with Crippen LogP contribution in [0.2, 0.25) is 0 Å². The molecule has 2 aromatic rings. The largest absolute Gasteiger partial charge is 0.480 e. The number of carboxylic acid groups (broad SMARTS) is 1. The van der Waals surface area contributed by atoms with Gasteiger partial charge in [0.15, 0.2) is 5.69 Å². The standard InChI is InChI=1S/C12H12N4O3/c17-11(10-7-13-16-15-10)14-9(12(18)19)6-8-4-2-1-3-5-8/h1-5,7,9H,6H2,(H,14,17)(H,18,19)(H,13,15,16). The van der Waals surface area contributed by atoms with Crippen molar-refractivity contribution in [2.24, 2.45) is 0 Å². The summed E-state index contributed by atoms with van der Waals surface area (Å²) >= 11 is 0. The van der Waals surface area contributed by atoms with Gasteiger partial charge in [-0.15, -0.1) is 0 Å². The second kappa shape index (κ2) is 5.76. The van der Waals surface area contributed by atoms with Gasteiger partial charge in [-0.25, -0.2) is 4.79 Å². The monoisotopic (exact) mass is 260 g/mol. The lowest BCUT2D eigenvalue weighted by molar-refractivity contribution is -0.139. The molecule has 0 fully saturated rings. The van der Waals surface area contributed by atoms with Crippen molar-refractivity contribution in [1.29, 1.82) is 0 Å². The summed E-state index contributed by atoms with van der Waals surface area (Å²) in [5, 5.41) is 20.9. The van der Waals surface area contributed by atoms with Crippen molar-refractivity contribution in [3.63, 3.8) is 0 Å². The lowest BCUT2D eigenvalue weighted by Crippen LogP contribution is -2.42. The van der Waals surface area contributed by atoms with Gasteiger partial charge in [0.05, 0.1) is 6.20 Å². The number of carbonyl (C=O) groups excluding carboxylic acids is 1. The zero-order valence-electron chi connectivity index (χ0n) is 9.91. The van der Waals surface area contributed by atoms with Crippen molar-refractivity contribution < 1.29 is 14.7 Å². The van der Waals surface area contributed by atoms with E-state index in [2.05, 4.69) is 20.7 Å². The quantitative estimate of drug-likeness (QED) is 0.713. The van der Waals surface area contributed by atoms with Crippen molar-refractivity contribution in [2.75, 3.05) is 0 Å². The highest BCUT2D eigenvalue weighted by molar-refractivity contribution is 5.94. The minimum absolute atomic E-state index is 0.0549. The van der Waals surface area contributed by atoms with Crippen LogP contribution in [-0.2, 0) is 11.2 Å². The van der Waals surface area contributed by atoms with E-state index in [1.54, 1.807) is 12.1 Å². The van der Waals surface area contributed by atoms with Gasteiger partial charge in [-0.05, 0) is 5.56 Å². The van der Waals surface area contributed by atoms with Crippen LogP contribution in [0.5, 0.6) is 0 Å². The predicted octanol–water partition coefficient (Wildman–Crippen LogP) is 0.230. The van der Waals surface area contributed by atoms with Gasteiger partial charge in [0.25, 0.3) is 5.91 Å². The summed E-state index contributed by atoms with van der Waals surface area (Å²) in [5.74, 6) is -1.67. The van der Waals surface area contributed by atoms with E-state index in [9.17, 15) is 9.59 Å². The van der Waals surface area contributed by atoms with Gasteiger partial charge in [-0.2, -0.15) is 15.4 Å². The van der Waals surface area contributed by atoms with Gasteiger partial charge >= 0.3 is 5.97 Å². The van der Waals surface area contributed by atoms with Gasteiger partial charge < -0.3 is 10.4 Å². The fourth-order valence-electron chi connectivity index (χ4n) is 1.59. The number of nitrogens with zero attached hydrogens (tertiary/aromatic N) is 2. The highest BCUT2D eigenvalue weighted by Gasteiger charge is 2.22. The Morgan fingerprint density at radius 2 is 2.05 bits per heavy atom. The number of aromatic nitrogens is 3. The van der Waals surface area contributed by atoms with Crippen molar-refractivity contribution in [3.8, 4) is 0 Å². The van der Waals surface area contributed by atoms with Crippen LogP contribution in [-0.4, -0.2) is 38.4 Å². The molecule has 0 bridgehead atoms. The maximum atomic E-state index is 11.7. The van der Waals surface area contributed by atoms with E-state index in [1.165, 1.54) is 6.20 Å². The van der Waals surface area contributed by atoms with Crippen molar-refractivity contribution in [3.05, 3.63) is 47.8 Å². The van der Waals surface area contributed by atoms with Crippen LogP contribution in [0.3, 0.4) is 0 Å². The average molecular weight is 260 g/mol. The molecule has 1 unspecified atom stereocenters. The normalized spacial score (nSPS) is 11.8. The molecular weight excluding hydrogens is 248 g/mol. The number of aliphatic carboxylic acids is 1. The summed E-state index contributed by atoms with van der Waals surface area (Å²) in [7, 11) is 0. The maximum Gasteiger partial charge on any atom is 0.326 e. The SMILES string of the molecule is O=C(NC(Cc1ccccc1)C(=O)O)c1cn[nH]n1. The van der Waals surface area contributed by atoms with Crippen LogP contribution in [0.25, 0.3) is 0 Å². The Labute approximate surface area is 108 Å². The fraction of sp³-hybridized carbons (Fsp3) is 0.167. The molecule has 3 N–H and O–H groups in total. The number of rotatable bonds is 5. The lowest BCUT2D eigenvalue weighted by Gasteiger charge is -2.13. The van der Waals surface area contributed by atoms with E-state index in [-0.39, 0.29) is 12.1 Å². The molecule has 19 heavy (non-hydrogen) atoms. The molecule has 1 atom stereocenters. The Morgan fingerprint density at radius 1 is 1.32 bits per heavy atom. The van der Waals surface area contributed by atoms with Crippen LogP contribution in [0, 0.1) is 0 Å². The molecule has 2 rings (SSSR count). The Bertz CT molecular complexity index is 554. The van der Waals surface area contributed by atoms with Gasteiger partial charge in [0.1, 0.15) is 6.04 Å². The number of amides is 1. The van der Waals surface area contributed by atoms with E-state index < -0.39 is 17.9 Å². The first kappa shape index (κ1) is 12.7. The number of carbonyl (C=O) groups is 2. The van der Waals surface area contributed by atoms with Crippen LogP contribution >= 0.6 is 0 Å². The Kier molecular flexibility index (Phi) is 3.87. The molecule has 1 amide bonds. The van der Waals surface area contributed by atoms with E-state index in [1.807, 2.05) is 18.2 Å². The maximum absolute atomic E-state index is 11.7. The second-order valence-corrected chi connectivity index (χ2v) is 3.91. The van der Waals surface area contributed by atoms with E-state index in [4.69, 9.17) is 5.11 Å². The molecule has 0 saturated carbocycles. The van der Waals surface area contributed by atoms with Crippen LogP contribution in [0.15, 0.2) is 36.5 Å². The van der Waals surface area contributed by atoms with Gasteiger partial charge in [-0.3, -0.25) is 4.79 Å². The fourth-order valence-corrected chi connectivity index (χ4v) is 1.59. The first-order valence-electron chi connectivity index (χ1n) is 5.60. The number of hydrogen-bond donors (Lipinski definition) is 3. The summed E-state index contributed by atoms with van der Waals surface area (Å²) in [6.07, 6.45) is 1.44. The molecule has 0 aliphatic heterocycles. The van der Waals surface area contributed by atoms with Gasteiger partial charge in [0, 0.05) is 6.42 Å². The van der Waals surface area contributed by atoms with Crippen LogP contribution < -0.4 is 5.32 Å². The number of carboxylic acids is 1. The molecule has 0 aliphatic carbocycles. The minimum atomic E-state index is -1.10. The van der Waals surface area contributed by atoms with Gasteiger partial charge in [0.2, 0.25) is 0 Å². The molecule has 7 nitrogen and oxygen atoms in total. The van der Waals surface area contributed by atoms with Crippen molar-refractivity contribution in [1.82, 2.24) is 20.7 Å². The molecule has 1 aromatic carbocycles. The van der Waals surface area contributed by atoms with E-state index in [0.717, 1.165) is 5.56 Å². The summed E-state index contributed by atoms with van der Waals surface area (Å²) < 4.78 is 0. The third-order valence-electron chi connectivity index (χ3n) is 2.53. The Morgan fingerprint density at radius 3 is 2.63 bits per heavy atom. The second-order valence-electron chi connectivity index (χ2n) is 3.91. The third-order valence-corrected chi connectivity index (χ3v) is 2.53. The number of nitrogens with one attached hydrogen (secondary N) is 2. The van der Waals surface area contributed by atoms with Crippen molar-refractivity contribution >= 4 is 11.9 Å². The molecule has 0 radical (unpaired) electrons. The topological polar surface area (TPSA) is 108 Å². The first-order chi connectivity index (χ1) is 9.16. The zero-order valence-corrected chi connectivity index (χ0v) is 9.91. The first-order valence-corrected chi connectivity index (χ1v) is 5.60. The van der Waals surface area contributed by atoms with Crippen LogP contribution in [0.4, 0.5) is 0 Å². The molecule has 98 valence electrons. The molecule has 0 spiro atoms. The zero-order chi connectivity index (χ0) is 13.7. The highest BCUT2D eigenvalue weighted by atomic mass is 16.4. The lowest BCUT2D eigenvalue weighted by atomic mass is 10.1. The summed E-state index contributed by atoms with van der Waals surface area (Å²) in [4.78, 5) is 22.9. The van der Waals surface area contributed by atoms with Crippen molar-refractivity contribution in [2.45, 2.75) is 12.5 Å². The van der Waals surface area contributed by atoms with E-state index >= 15 is 0 Å². The molecular formula is C12H12N4O3. The van der Waals surface area contributed by atoms with E-state index in [0.29, 0.717) is 0 Å². The minimum Gasteiger partial charge on any atom is -0.480 e. The third kappa shape index (κ3) is 3.38. The number of H-pyrrole nitrogens is 1. The summed E-state index contributed by atoms with van der Waals surface area (Å²) in [6, 6.07) is 8.07. The summed E-state index contributed by atoms with van der Waals surface area (Å²) in [5.41, 5.74) is 0.884. The van der Waals surface area contributed by atoms with Crippen LogP contribution in [0.1, 0.15) is 16.1 Å². The number of benzene rings is 1.